The number of aromatic amines is 1. The van der Waals surface area contributed by atoms with E-state index < -0.39 is 29.8 Å². The minimum Gasteiger partial charge on any atom is -0.461 e. The van der Waals surface area contributed by atoms with Gasteiger partial charge in [-0.15, -0.1) is 0 Å². The van der Waals surface area contributed by atoms with Gasteiger partial charge in [-0.2, -0.15) is 15.1 Å². The molecule has 3 atom stereocenters. The number of rotatable bonds is 3. The molecule has 6 bridgehead atoms. The van der Waals surface area contributed by atoms with E-state index in [-0.39, 0.29) is 30.4 Å². The average molecular weight is 618 g/mol. The van der Waals surface area contributed by atoms with Crippen molar-refractivity contribution in [1.29, 1.82) is 0 Å². The second kappa shape index (κ2) is 10.9. The zero-order valence-electron chi connectivity index (χ0n) is 24.9. The van der Waals surface area contributed by atoms with E-state index in [4.69, 9.17) is 19.2 Å². The summed E-state index contributed by atoms with van der Waals surface area (Å²) >= 11 is 0. The number of ether oxygens (including phenoxy) is 3. The molecule has 1 aromatic carbocycles. The quantitative estimate of drug-likeness (QED) is 0.311. The molecule has 9 rings (SSSR count). The number of nitrogens with one attached hydrogen (secondary N) is 1. The third kappa shape index (κ3) is 4.84. The van der Waals surface area contributed by atoms with Crippen molar-refractivity contribution < 1.29 is 27.8 Å². The van der Waals surface area contributed by atoms with Gasteiger partial charge in [-0.1, -0.05) is 6.08 Å². The van der Waals surface area contributed by atoms with Gasteiger partial charge in [-0.25, -0.2) is 13.6 Å². The molecule has 3 saturated heterocycles. The van der Waals surface area contributed by atoms with Gasteiger partial charge in [-0.05, 0) is 62.4 Å². The first-order valence-electron chi connectivity index (χ1n) is 15.5. The second-order valence-corrected chi connectivity index (χ2v) is 12.5. The zero-order valence-corrected chi connectivity index (χ0v) is 24.9. The Morgan fingerprint density at radius 1 is 1.18 bits per heavy atom. The minimum atomic E-state index is -0.908. The standard InChI is InChI=1S/C32H33F2N7O4/c1-18-11-24-22(14-36-39-24)25-21(18)6-3-10-43-31(42)45-20-5-2-8-40(16-20)29-23-13-35-28(25)26(34)27(23)37-30(38-29)44-17-32-7-4-9-41(32)15-19(33)12-32/h3,6,11,13-14,19-20H,2,4-5,7-10,12,15-17H2,1H3,(H,36,39)/b6-3+/t19-,20-,32+/m1/s1. The largest absolute Gasteiger partial charge is 0.508 e. The number of H-pyrrole nitrogens is 1. The monoisotopic (exact) mass is 617 g/mol. The van der Waals surface area contributed by atoms with Crippen molar-refractivity contribution in [2.75, 3.05) is 44.3 Å². The van der Waals surface area contributed by atoms with Gasteiger partial charge in [-0.3, -0.25) is 15.0 Å². The Kier molecular flexibility index (Phi) is 6.81. The lowest BCUT2D eigenvalue weighted by Crippen LogP contribution is -2.43. The van der Waals surface area contributed by atoms with Gasteiger partial charge >= 0.3 is 12.2 Å². The molecule has 1 N–H and O–H groups in total. The molecule has 4 aromatic rings. The first kappa shape index (κ1) is 28.1. The number of fused-ring (bicyclic) bond motifs is 7. The Balaban J connectivity index is 1.30. The Morgan fingerprint density at radius 3 is 3.00 bits per heavy atom. The first-order chi connectivity index (χ1) is 21.9. The SMILES string of the molecule is Cc1cc2[nH]ncc2c2c1/C=C/COC(=O)O[C@@H]1CCCN(C1)c1nc(OC[C@@]34CCCN3C[C@H](F)C4)nc3c(F)c-2ncc13. The highest BCUT2D eigenvalue weighted by Crippen LogP contribution is 2.42. The van der Waals surface area contributed by atoms with Crippen LogP contribution in [0.25, 0.3) is 39.1 Å². The summed E-state index contributed by atoms with van der Waals surface area (Å²) in [5, 5.41) is 8.27. The number of alkyl halides is 1. The Labute approximate surface area is 257 Å². The molecule has 3 aromatic heterocycles. The van der Waals surface area contributed by atoms with Crippen LogP contribution in [-0.4, -0.2) is 93.4 Å². The van der Waals surface area contributed by atoms with Crippen LogP contribution in [0.15, 0.2) is 24.5 Å². The van der Waals surface area contributed by atoms with Gasteiger partial charge in [0.2, 0.25) is 0 Å². The van der Waals surface area contributed by atoms with Gasteiger partial charge in [0.15, 0.2) is 5.82 Å². The van der Waals surface area contributed by atoms with Crippen molar-refractivity contribution in [3.63, 3.8) is 0 Å². The van der Waals surface area contributed by atoms with E-state index in [9.17, 15) is 9.18 Å². The van der Waals surface area contributed by atoms with Crippen LogP contribution >= 0.6 is 0 Å². The number of hydrogen-bond donors (Lipinski definition) is 1. The molecule has 0 aliphatic carbocycles. The van der Waals surface area contributed by atoms with Crippen molar-refractivity contribution in [3.05, 3.63) is 41.5 Å². The number of benzene rings is 1. The molecule has 5 aliphatic rings. The molecule has 45 heavy (non-hydrogen) atoms. The Morgan fingerprint density at radius 2 is 2.09 bits per heavy atom. The number of piperidine rings is 1. The van der Waals surface area contributed by atoms with E-state index in [1.165, 1.54) is 0 Å². The maximum absolute atomic E-state index is 16.9. The normalized spacial score (nSPS) is 25.8. The van der Waals surface area contributed by atoms with Crippen molar-refractivity contribution >= 4 is 39.9 Å². The highest BCUT2D eigenvalue weighted by atomic mass is 19.1. The number of aryl methyl sites for hydroxylation is 1. The summed E-state index contributed by atoms with van der Waals surface area (Å²) in [5.74, 6) is -0.174. The van der Waals surface area contributed by atoms with E-state index in [0.717, 1.165) is 30.5 Å². The van der Waals surface area contributed by atoms with Crippen LogP contribution in [0.1, 0.15) is 43.2 Å². The van der Waals surface area contributed by atoms with Crippen molar-refractivity contribution in [2.24, 2.45) is 0 Å². The van der Waals surface area contributed by atoms with Gasteiger partial charge in [0.05, 0.1) is 29.2 Å². The lowest BCUT2D eigenvalue weighted by atomic mass is 9.94. The summed E-state index contributed by atoms with van der Waals surface area (Å²) in [6.07, 6.45) is 8.16. The molecule has 0 radical (unpaired) electrons. The van der Waals surface area contributed by atoms with Crippen LogP contribution in [0.5, 0.6) is 6.01 Å². The fraction of sp³-hybridized carbons (Fsp3) is 0.469. The lowest BCUT2D eigenvalue weighted by molar-refractivity contribution is 0.0248. The summed E-state index contributed by atoms with van der Waals surface area (Å²) in [7, 11) is 0. The number of nitrogens with zero attached hydrogens (tertiary/aromatic N) is 6. The Hall–Kier alpha value is -4.39. The van der Waals surface area contributed by atoms with E-state index in [0.29, 0.717) is 66.6 Å². The molecule has 234 valence electrons. The lowest BCUT2D eigenvalue weighted by Gasteiger charge is -2.34. The van der Waals surface area contributed by atoms with Gasteiger partial charge in [0.1, 0.15) is 42.5 Å². The fourth-order valence-electron chi connectivity index (χ4n) is 7.54. The average Bonchev–Trinajstić information content (AvgIpc) is 3.72. The molecule has 11 nitrogen and oxygen atoms in total. The van der Waals surface area contributed by atoms with E-state index in [1.54, 1.807) is 24.5 Å². The van der Waals surface area contributed by atoms with Gasteiger partial charge in [0, 0.05) is 36.7 Å². The highest BCUT2D eigenvalue weighted by molar-refractivity contribution is 6.01. The fourth-order valence-corrected chi connectivity index (χ4v) is 7.54. The number of pyridine rings is 1. The van der Waals surface area contributed by atoms with Crippen LogP contribution in [0.2, 0.25) is 0 Å². The topological polar surface area (TPSA) is 119 Å². The number of hydrogen-bond acceptors (Lipinski definition) is 10. The molecular weight excluding hydrogens is 584 g/mol. The van der Waals surface area contributed by atoms with Crippen LogP contribution in [0.4, 0.5) is 19.4 Å². The molecule has 5 aliphatic heterocycles. The minimum absolute atomic E-state index is 0.0125. The Bertz CT molecular complexity index is 1850. The number of carbonyl (C=O) groups excluding carboxylic acids is 1. The molecule has 0 unspecified atom stereocenters. The van der Waals surface area contributed by atoms with E-state index in [1.807, 2.05) is 17.9 Å². The maximum Gasteiger partial charge on any atom is 0.508 e. The predicted octanol–water partition coefficient (Wildman–Crippen LogP) is 5.12. The number of anilines is 1. The number of carbonyl (C=O) groups is 1. The van der Waals surface area contributed by atoms with Crippen LogP contribution < -0.4 is 9.64 Å². The third-order valence-electron chi connectivity index (χ3n) is 9.63. The molecule has 0 amide bonds. The molecule has 8 heterocycles. The smallest absolute Gasteiger partial charge is 0.461 e. The van der Waals surface area contributed by atoms with Crippen LogP contribution in [-0.2, 0) is 9.47 Å². The van der Waals surface area contributed by atoms with Gasteiger partial charge < -0.3 is 19.1 Å². The summed E-state index contributed by atoms with van der Waals surface area (Å²) < 4.78 is 48.7. The van der Waals surface area contributed by atoms with E-state index in [2.05, 4.69) is 25.1 Å². The van der Waals surface area contributed by atoms with Crippen LogP contribution in [0.3, 0.4) is 0 Å². The van der Waals surface area contributed by atoms with Gasteiger partial charge in [0.25, 0.3) is 0 Å². The first-order valence-corrected chi connectivity index (χ1v) is 15.5. The van der Waals surface area contributed by atoms with Crippen molar-refractivity contribution in [3.8, 4) is 17.3 Å². The summed E-state index contributed by atoms with van der Waals surface area (Å²) in [5.41, 5.74) is 2.56. The highest BCUT2D eigenvalue weighted by Gasteiger charge is 2.49. The molecule has 3 fully saturated rings. The number of halogens is 2. The van der Waals surface area contributed by atoms with Crippen molar-refractivity contribution in [2.45, 2.75) is 56.8 Å². The molecule has 13 heteroatoms. The van der Waals surface area contributed by atoms with Crippen molar-refractivity contribution in [1.82, 2.24) is 30.0 Å². The van der Waals surface area contributed by atoms with Crippen LogP contribution in [0, 0.1) is 12.7 Å². The number of aromatic nitrogens is 5. The maximum atomic E-state index is 16.9. The molecule has 0 saturated carbocycles. The summed E-state index contributed by atoms with van der Waals surface area (Å²) in [4.78, 5) is 30.7. The second-order valence-electron chi connectivity index (χ2n) is 12.5. The molecule has 0 spiro atoms. The summed E-state index contributed by atoms with van der Waals surface area (Å²) in [6.45, 7) is 4.25. The third-order valence-corrected chi connectivity index (χ3v) is 9.63. The van der Waals surface area contributed by atoms with E-state index >= 15 is 4.39 Å². The summed E-state index contributed by atoms with van der Waals surface area (Å²) in [6, 6.07) is 1.94. The predicted molar refractivity (Wildman–Crippen MR) is 162 cm³/mol. The zero-order chi connectivity index (χ0) is 30.7. The molecular formula is C32H33F2N7O4.